The number of unbranched alkanes of at least 4 members (excludes halogenated alkanes) is 1. The van der Waals surface area contributed by atoms with Crippen LogP contribution in [0, 0.1) is 5.41 Å². The first-order valence-corrected chi connectivity index (χ1v) is 16.2. The number of aromatic nitrogens is 1. The van der Waals surface area contributed by atoms with Crippen LogP contribution in [0.3, 0.4) is 0 Å². The molecule has 3 N–H and O–H groups in total. The number of nitrogens with one attached hydrogen (secondary N) is 3. The number of methoxy groups -OCH3 is 1. The Hall–Kier alpha value is -3.09. The third-order valence-electron chi connectivity index (χ3n) is 8.53. The van der Waals surface area contributed by atoms with Crippen LogP contribution in [-0.2, 0) is 25.5 Å². The van der Waals surface area contributed by atoms with Crippen LogP contribution in [0.2, 0.25) is 0 Å². The number of benzene rings is 1. The van der Waals surface area contributed by atoms with Crippen LogP contribution >= 0.6 is 0 Å². The molecular weight excluding hydrogens is 613 g/mol. The second-order valence-corrected chi connectivity index (χ2v) is 13.6. The normalized spacial score (nSPS) is 18.3. The smallest absolute Gasteiger partial charge is 0.548 e. The van der Waals surface area contributed by atoms with Crippen molar-refractivity contribution in [2.45, 2.75) is 123 Å². The van der Waals surface area contributed by atoms with Gasteiger partial charge in [0.25, 0.3) is 0 Å². The van der Waals surface area contributed by atoms with Crippen LogP contribution in [-0.4, -0.2) is 76.7 Å². The quantitative estimate of drug-likeness (QED) is 0.279. The molecule has 3 rings (SSSR count). The maximum atomic E-state index is 14.0. The average molecular weight is 664 g/mol. The number of urea groups is 1. The van der Waals surface area contributed by atoms with Gasteiger partial charge in [-0.05, 0) is 63.0 Å². The number of aliphatic carboxylic acids is 1. The number of fused-ring (bicyclic) bond motifs is 1. The third-order valence-corrected chi connectivity index (χ3v) is 8.53. The molecule has 254 valence electrons. The summed E-state index contributed by atoms with van der Waals surface area (Å²) < 4.78 is 6.25. The summed E-state index contributed by atoms with van der Waals surface area (Å²) in [6, 6.07) is 3.29. The van der Waals surface area contributed by atoms with Gasteiger partial charge in [-0.3, -0.25) is 14.2 Å². The molecule has 4 amide bonds. The van der Waals surface area contributed by atoms with Crippen LogP contribution in [0.25, 0.3) is 10.9 Å². The van der Waals surface area contributed by atoms with Crippen molar-refractivity contribution < 1.29 is 63.4 Å². The van der Waals surface area contributed by atoms with E-state index in [1.54, 1.807) is 35.4 Å². The number of hydrogen-bond acceptors (Lipinski definition) is 7. The summed E-state index contributed by atoms with van der Waals surface area (Å²) in [7, 11) is 1.26. The van der Waals surface area contributed by atoms with Crippen molar-refractivity contribution in [2.75, 3.05) is 7.11 Å². The van der Waals surface area contributed by atoms with Gasteiger partial charge in [0.15, 0.2) is 0 Å². The number of carbonyl (C=O) groups is 5. The largest absolute Gasteiger partial charge is 1.00 e. The predicted molar refractivity (Wildman–Crippen MR) is 173 cm³/mol. The summed E-state index contributed by atoms with van der Waals surface area (Å²) >= 11 is 0. The first-order valence-electron chi connectivity index (χ1n) is 16.2. The fourth-order valence-electron chi connectivity index (χ4n) is 6.16. The molecule has 5 atom stereocenters. The molecule has 1 aliphatic heterocycles. The Balaban J connectivity index is 0.00000768. The molecule has 1 saturated heterocycles. The molecule has 0 bridgehead atoms. The Labute approximate surface area is 300 Å². The zero-order chi connectivity index (χ0) is 34.2. The standard InChI is InChI=1S/C34H51N5O7.Na/c1-8-9-16-25(31(42)43)35-29(40)26(18-23-20-38(33(45)46-7)28-17-11-10-15-24(23)28)36-30(41)27(19-34(4,5)6)37-32(44)39-21(2)13-12-14-22(39)3;/h10-11,15,17,20-22,25-27H,8-9,12-14,16,18-19H2,1-7H3,(H,35,40)(H,36,41)(H,37,44)(H,42,43);/q;+1/p-1. The third kappa shape index (κ3) is 11.0. The number of rotatable bonds is 12. The Morgan fingerprint density at radius 2 is 1.55 bits per heavy atom. The van der Waals surface area contributed by atoms with Crippen LogP contribution < -0.4 is 50.6 Å². The van der Waals surface area contributed by atoms with Gasteiger partial charge in [-0.25, -0.2) is 9.59 Å². The van der Waals surface area contributed by atoms with Crippen LogP contribution in [0.5, 0.6) is 0 Å². The van der Waals surface area contributed by atoms with Crippen molar-refractivity contribution >= 4 is 40.8 Å². The topological polar surface area (TPSA) is 162 Å². The molecule has 12 nitrogen and oxygen atoms in total. The summed E-state index contributed by atoms with van der Waals surface area (Å²) in [6.07, 6.45) is 5.34. The predicted octanol–water partition coefficient (Wildman–Crippen LogP) is 0.489. The minimum Gasteiger partial charge on any atom is -0.548 e. The van der Waals surface area contributed by atoms with Crippen LogP contribution in [0.15, 0.2) is 30.5 Å². The van der Waals surface area contributed by atoms with Crippen molar-refractivity contribution in [2.24, 2.45) is 5.41 Å². The molecule has 1 aromatic heterocycles. The Morgan fingerprint density at radius 1 is 0.957 bits per heavy atom. The van der Waals surface area contributed by atoms with E-state index in [-0.39, 0.29) is 72.3 Å². The number of carboxylic acids is 1. The van der Waals surface area contributed by atoms with E-state index in [1.807, 2.05) is 41.5 Å². The van der Waals surface area contributed by atoms with E-state index in [2.05, 4.69) is 16.0 Å². The molecular formula is C34H50N5NaO7. The molecule has 1 aromatic carbocycles. The van der Waals surface area contributed by atoms with E-state index in [9.17, 15) is 29.1 Å². The molecule has 13 heteroatoms. The van der Waals surface area contributed by atoms with Crippen molar-refractivity contribution in [3.05, 3.63) is 36.0 Å². The Bertz CT molecular complexity index is 1390. The number of nitrogens with zero attached hydrogens (tertiary/aromatic N) is 2. The van der Waals surface area contributed by atoms with Gasteiger partial charge in [0.05, 0.1) is 24.6 Å². The number of hydrogen-bond donors (Lipinski definition) is 3. The zero-order valence-electron chi connectivity index (χ0n) is 29.2. The maximum Gasteiger partial charge on any atom is 1.00 e. The van der Waals surface area contributed by atoms with Crippen LogP contribution in [0.1, 0.15) is 92.1 Å². The summed E-state index contributed by atoms with van der Waals surface area (Å²) in [6.45, 7) is 11.8. The fraction of sp³-hybridized carbons (Fsp3) is 0.618. The van der Waals surface area contributed by atoms with Crippen molar-refractivity contribution in [1.82, 2.24) is 25.4 Å². The molecule has 1 fully saturated rings. The van der Waals surface area contributed by atoms with E-state index in [0.717, 1.165) is 25.7 Å². The van der Waals surface area contributed by atoms with E-state index in [0.29, 0.717) is 22.9 Å². The van der Waals surface area contributed by atoms with E-state index in [4.69, 9.17) is 4.74 Å². The number of likely N-dealkylation sites (tertiary alicyclic amines) is 1. The molecule has 1 aliphatic rings. The van der Waals surface area contributed by atoms with Crippen molar-refractivity contribution in [3.63, 3.8) is 0 Å². The number of amides is 4. The van der Waals surface area contributed by atoms with E-state index >= 15 is 0 Å². The monoisotopic (exact) mass is 663 g/mol. The average Bonchev–Trinajstić information content (AvgIpc) is 3.35. The fourth-order valence-corrected chi connectivity index (χ4v) is 6.16. The molecule has 0 saturated carbocycles. The zero-order valence-corrected chi connectivity index (χ0v) is 31.2. The van der Waals surface area contributed by atoms with E-state index < -0.39 is 42.0 Å². The maximum absolute atomic E-state index is 14.0. The Kier molecular flexibility index (Phi) is 15.3. The van der Waals surface area contributed by atoms with Crippen molar-refractivity contribution in [1.29, 1.82) is 0 Å². The minimum absolute atomic E-state index is 0. The summed E-state index contributed by atoms with van der Waals surface area (Å²) in [5.41, 5.74) is 0.751. The van der Waals surface area contributed by atoms with Gasteiger partial charge in [0, 0.05) is 30.1 Å². The molecule has 2 heterocycles. The summed E-state index contributed by atoms with van der Waals surface area (Å²) in [5, 5.41) is 20.9. The van der Waals surface area contributed by atoms with Gasteiger partial charge in [-0.15, -0.1) is 0 Å². The molecule has 5 unspecified atom stereocenters. The van der Waals surface area contributed by atoms with E-state index in [1.165, 1.54) is 11.7 Å². The molecule has 47 heavy (non-hydrogen) atoms. The molecule has 0 aliphatic carbocycles. The van der Waals surface area contributed by atoms with Gasteiger partial charge >= 0.3 is 41.7 Å². The minimum atomic E-state index is -1.42. The molecule has 2 aromatic rings. The van der Waals surface area contributed by atoms with Gasteiger partial charge in [0.2, 0.25) is 11.8 Å². The Morgan fingerprint density at radius 3 is 2.13 bits per heavy atom. The first kappa shape index (κ1) is 40.1. The SMILES string of the molecule is CCCCC(NC(=O)C(Cc1cn(C(=O)OC)c2ccccc12)NC(=O)C(CC(C)(C)C)NC(=O)N1C(C)CCCC1C)C(=O)[O-].[Na+]. The summed E-state index contributed by atoms with van der Waals surface area (Å²) in [4.78, 5) is 67.5. The number of carbonyl (C=O) groups excluding carboxylic acids is 5. The number of piperidine rings is 1. The second kappa shape index (κ2) is 17.9. The number of carboxylic acid groups (broad SMARTS) is 1. The second-order valence-electron chi connectivity index (χ2n) is 13.6. The van der Waals surface area contributed by atoms with Gasteiger partial charge in [-0.2, -0.15) is 0 Å². The first-order chi connectivity index (χ1) is 21.7. The number of para-hydroxylation sites is 1. The van der Waals surface area contributed by atoms with Gasteiger partial charge in [0.1, 0.15) is 12.1 Å². The molecule has 0 spiro atoms. The van der Waals surface area contributed by atoms with Gasteiger partial charge < -0.3 is 35.5 Å². The van der Waals surface area contributed by atoms with Crippen molar-refractivity contribution in [3.8, 4) is 0 Å². The van der Waals surface area contributed by atoms with Gasteiger partial charge in [-0.1, -0.05) is 58.7 Å². The van der Waals surface area contributed by atoms with Crippen LogP contribution in [0.4, 0.5) is 9.59 Å². The number of ether oxygens (including phenoxy) is 1. The summed E-state index contributed by atoms with van der Waals surface area (Å²) in [5.74, 6) is -2.71. The molecule has 0 radical (unpaired) electrons.